The minimum absolute atomic E-state index is 0.370. The molecule has 2 rings (SSSR count). The van der Waals surface area contributed by atoms with Gasteiger partial charge in [-0.25, -0.2) is 9.97 Å². The first kappa shape index (κ1) is 10.6. The average molecular weight is 227 g/mol. The lowest BCUT2D eigenvalue weighted by atomic mass is 9.92. The molecule has 0 bridgehead atoms. The van der Waals surface area contributed by atoms with Gasteiger partial charge < -0.3 is 11.1 Å². The van der Waals surface area contributed by atoms with Crippen molar-refractivity contribution in [3.63, 3.8) is 0 Å². The van der Waals surface area contributed by atoms with Crippen LogP contribution < -0.4 is 11.1 Å². The van der Waals surface area contributed by atoms with Gasteiger partial charge in [-0.1, -0.05) is 11.6 Å². The third-order valence-corrected chi connectivity index (χ3v) is 2.92. The topological polar surface area (TPSA) is 63.8 Å². The zero-order valence-electron chi connectivity index (χ0n) is 8.49. The van der Waals surface area contributed by atoms with Crippen LogP contribution >= 0.6 is 11.6 Å². The Labute approximate surface area is 94.2 Å². The molecule has 3 N–H and O–H groups in total. The molecule has 5 heteroatoms. The van der Waals surface area contributed by atoms with Crippen LogP contribution in [-0.4, -0.2) is 22.1 Å². The Bertz CT molecular complexity index is 306. The van der Waals surface area contributed by atoms with Crippen LogP contribution in [0.3, 0.4) is 0 Å². The maximum atomic E-state index is 5.83. The van der Waals surface area contributed by atoms with Crippen LogP contribution in [0.15, 0.2) is 12.4 Å². The Morgan fingerprint density at radius 1 is 1.20 bits per heavy atom. The smallest absolute Gasteiger partial charge is 0.222 e. The summed E-state index contributed by atoms with van der Waals surface area (Å²) in [6.07, 6.45) is 7.54. The molecule has 1 saturated carbocycles. The summed E-state index contributed by atoms with van der Waals surface area (Å²) >= 11 is 5.70. The molecule has 1 heterocycles. The maximum Gasteiger partial charge on any atom is 0.222 e. The highest BCUT2D eigenvalue weighted by Gasteiger charge is 2.18. The molecule has 0 amide bonds. The van der Waals surface area contributed by atoms with E-state index in [1.807, 2.05) is 0 Å². The van der Waals surface area contributed by atoms with Crippen molar-refractivity contribution >= 4 is 17.5 Å². The van der Waals surface area contributed by atoms with Crippen molar-refractivity contribution < 1.29 is 0 Å². The largest absolute Gasteiger partial charge is 0.351 e. The van der Waals surface area contributed by atoms with Crippen LogP contribution in [0.2, 0.25) is 5.02 Å². The quantitative estimate of drug-likeness (QED) is 0.808. The summed E-state index contributed by atoms with van der Waals surface area (Å²) in [6.45, 7) is 0. The van der Waals surface area contributed by atoms with Gasteiger partial charge in [-0.05, 0) is 25.7 Å². The molecule has 1 aromatic rings. The molecule has 0 unspecified atom stereocenters. The molecule has 0 radical (unpaired) electrons. The van der Waals surface area contributed by atoms with E-state index in [1.54, 1.807) is 12.4 Å². The predicted octanol–water partition coefficient (Wildman–Crippen LogP) is 1.81. The fourth-order valence-corrected chi connectivity index (χ4v) is 1.93. The van der Waals surface area contributed by atoms with Gasteiger partial charge in [0.25, 0.3) is 0 Å². The Morgan fingerprint density at radius 2 is 1.80 bits per heavy atom. The summed E-state index contributed by atoms with van der Waals surface area (Å²) in [4.78, 5) is 8.21. The molecule has 1 aromatic heterocycles. The second-order valence-corrected chi connectivity index (χ2v) is 4.42. The zero-order valence-corrected chi connectivity index (χ0v) is 9.24. The Kier molecular flexibility index (Phi) is 3.38. The minimum Gasteiger partial charge on any atom is -0.351 e. The number of hydrogen-bond donors (Lipinski definition) is 2. The summed E-state index contributed by atoms with van der Waals surface area (Å²) in [5, 5.41) is 3.85. The Balaban J connectivity index is 1.89. The second-order valence-electron chi connectivity index (χ2n) is 3.98. The van der Waals surface area contributed by atoms with Crippen molar-refractivity contribution in [1.29, 1.82) is 0 Å². The lowest BCUT2D eigenvalue weighted by molar-refractivity contribution is 0.410. The van der Waals surface area contributed by atoms with E-state index >= 15 is 0 Å². The van der Waals surface area contributed by atoms with E-state index in [1.165, 1.54) is 0 Å². The molecule has 1 fully saturated rings. The number of nitrogens with zero attached hydrogens (tertiary/aromatic N) is 2. The van der Waals surface area contributed by atoms with Crippen LogP contribution in [0.25, 0.3) is 0 Å². The SMILES string of the molecule is NC1CCC(Nc2ncc(Cl)cn2)CC1. The summed E-state index contributed by atoms with van der Waals surface area (Å²) < 4.78 is 0. The molecule has 82 valence electrons. The van der Waals surface area contributed by atoms with E-state index in [2.05, 4.69) is 15.3 Å². The summed E-state index contributed by atoms with van der Waals surface area (Å²) in [7, 11) is 0. The fourth-order valence-electron chi connectivity index (χ4n) is 1.83. The maximum absolute atomic E-state index is 5.83. The monoisotopic (exact) mass is 226 g/mol. The Morgan fingerprint density at radius 3 is 2.40 bits per heavy atom. The molecule has 1 aliphatic rings. The van der Waals surface area contributed by atoms with Crippen LogP contribution in [0.4, 0.5) is 5.95 Å². The van der Waals surface area contributed by atoms with Gasteiger partial charge in [0, 0.05) is 12.1 Å². The molecule has 0 atom stereocenters. The van der Waals surface area contributed by atoms with E-state index in [0.717, 1.165) is 25.7 Å². The first-order chi connectivity index (χ1) is 7.24. The second kappa shape index (κ2) is 4.77. The molecule has 4 nitrogen and oxygen atoms in total. The van der Waals surface area contributed by atoms with Gasteiger partial charge in [0.1, 0.15) is 0 Å². The molecular formula is C10H15ClN4. The normalized spacial score (nSPS) is 26.3. The summed E-state index contributed by atoms with van der Waals surface area (Å²) in [6, 6.07) is 0.820. The third kappa shape index (κ3) is 3.04. The highest BCUT2D eigenvalue weighted by Crippen LogP contribution is 2.19. The predicted molar refractivity (Wildman–Crippen MR) is 60.9 cm³/mol. The van der Waals surface area contributed by atoms with Gasteiger partial charge in [-0.2, -0.15) is 0 Å². The van der Waals surface area contributed by atoms with Gasteiger partial charge >= 0.3 is 0 Å². The zero-order chi connectivity index (χ0) is 10.7. The molecule has 0 saturated heterocycles. The molecule has 0 spiro atoms. The Hall–Kier alpha value is -0.870. The van der Waals surface area contributed by atoms with Crippen molar-refractivity contribution in [2.75, 3.05) is 5.32 Å². The van der Waals surface area contributed by atoms with Crippen molar-refractivity contribution in [3.8, 4) is 0 Å². The molecule has 0 aromatic carbocycles. The van der Waals surface area contributed by atoms with Gasteiger partial charge in [-0.15, -0.1) is 0 Å². The van der Waals surface area contributed by atoms with E-state index in [-0.39, 0.29) is 0 Å². The van der Waals surface area contributed by atoms with Gasteiger partial charge in [0.05, 0.1) is 17.4 Å². The third-order valence-electron chi connectivity index (χ3n) is 2.73. The van der Waals surface area contributed by atoms with Crippen molar-refractivity contribution in [2.45, 2.75) is 37.8 Å². The molecule has 0 aliphatic heterocycles. The first-order valence-electron chi connectivity index (χ1n) is 5.23. The van der Waals surface area contributed by atoms with Gasteiger partial charge in [0.15, 0.2) is 0 Å². The van der Waals surface area contributed by atoms with E-state index in [0.29, 0.717) is 23.1 Å². The average Bonchev–Trinajstić information content (AvgIpc) is 2.25. The summed E-state index contributed by atoms with van der Waals surface area (Å²) in [5.41, 5.74) is 5.83. The van der Waals surface area contributed by atoms with Crippen LogP contribution in [0.1, 0.15) is 25.7 Å². The number of rotatable bonds is 2. The summed E-state index contributed by atoms with van der Waals surface area (Å²) in [5.74, 6) is 0.653. The number of nitrogens with one attached hydrogen (secondary N) is 1. The number of nitrogens with two attached hydrogens (primary N) is 1. The van der Waals surface area contributed by atoms with E-state index in [4.69, 9.17) is 17.3 Å². The lowest BCUT2D eigenvalue weighted by Gasteiger charge is -2.26. The van der Waals surface area contributed by atoms with Gasteiger partial charge in [0.2, 0.25) is 5.95 Å². The number of aromatic nitrogens is 2. The van der Waals surface area contributed by atoms with Crippen molar-refractivity contribution in [1.82, 2.24) is 9.97 Å². The molecule has 15 heavy (non-hydrogen) atoms. The number of anilines is 1. The molecular weight excluding hydrogens is 212 g/mol. The minimum atomic E-state index is 0.370. The van der Waals surface area contributed by atoms with Gasteiger partial charge in [-0.3, -0.25) is 0 Å². The van der Waals surface area contributed by atoms with E-state index < -0.39 is 0 Å². The molecule has 1 aliphatic carbocycles. The van der Waals surface area contributed by atoms with Crippen LogP contribution in [0.5, 0.6) is 0 Å². The van der Waals surface area contributed by atoms with E-state index in [9.17, 15) is 0 Å². The highest BCUT2D eigenvalue weighted by molar-refractivity contribution is 6.30. The number of hydrogen-bond acceptors (Lipinski definition) is 4. The number of halogens is 1. The fraction of sp³-hybridized carbons (Fsp3) is 0.600. The van der Waals surface area contributed by atoms with Crippen LogP contribution in [-0.2, 0) is 0 Å². The van der Waals surface area contributed by atoms with Crippen molar-refractivity contribution in [2.24, 2.45) is 5.73 Å². The standard InChI is InChI=1S/C10H15ClN4/c11-7-5-13-10(14-6-7)15-9-3-1-8(12)2-4-9/h5-6,8-9H,1-4,12H2,(H,13,14,15). The lowest BCUT2D eigenvalue weighted by Crippen LogP contribution is -2.33. The highest BCUT2D eigenvalue weighted by atomic mass is 35.5. The van der Waals surface area contributed by atoms with Crippen molar-refractivity contribution in [3.05, 3.63) is 17.4 Å². The van der Waals surface area contributed by atoms with Crippen LogP contribution in [0, 0.1) is 0 Å². The first-order valence-corrected chi connectivity index (χ1v) is 5.61.